The van der Waals surface area contributed by atoms with Gasteiger partial charge < -0.3 is 4.74 Å². The lowest BCUT2D eigenvalue weighted by atomic mass is 10.3. The maximum atomic E-state index is 11.3. The van der Waals surface area contributed by atoms with Gasteiger partial charge in [-0.1, -0.05) is 25.6 Å². The minimum atomic E-state index is -0.601. The van der Waals surface area contributed by atoms with E-state index in [2.05, 4.69) is 9.72 Å². The Labute approximate surface area is 109 Å². The fourth-order valence-corrected chi connectivity index (χ4v) is 2.11. The number of ether oxygens (including phenoxy) is 1. The molecule has 0 aliphatic rings. The van der Waals surface area contributed by atoms with Crippen LogP contribution in [-0.2, 0) is 4.74 Å². The first-order valence-electron chi connectivity index (χ1n) is 5.40. The van der Waals surface area contributed by atoms with E-state index >= 15 is 0 Å². The topological polar surface area (TPSA) is 82.3 Å². The third-order valence-electron chi connectivity index (χ3n) is 2.32. The van der Waals surface area contributed by atoms with Crippen LogP contribution in [-0.4, -0.2) is 28.2 Å². The highest BCUT2D eigenvalue weighted by molar-refractivity contribution is 8.00. The first kappa shape index (κ1) is 14.4. The van der Waals surface area contributed by atoms with Gasteiger partial charge in [-0.25, -0.2) is 9.78 Å². The third kappa shape index (κ3) is 3.43. The molecule has 0 aromatic carbocycles. The van der Waals surface area contributed by atoms with Gasteiger partial charge >= 0.3 is 11.7 Å². The van der Waals surface area contributed by atoms with Crippen LogP contribution in [0.25, 0.3) is 0 Å². The van der Waals surface area contributed by atoms with Crippen molar-refractivity contribution in [3.8, 4) is 0 Å². The number of pyridine rings is 1. The molecular weight excluding hydrogens is 256 g/mol. The second-order valence-electron chi connectivity index (χ2n) is 3.61. The summed E-state index contributed by atoms with van der Waals surface area (Å²) in [6, 6.07) is 2.58. The number of nitrogens with zero attached hydrogens (tertiary/aromatic N) is 2. The summed E-state index contributed by atoms with van der Waals surface area (Å²) < 4.78 is 4.54. The fourth-order valence-electron chi connectivity index (χ4n) is 1.15. The van der Waals surface area contributed by atoms with Crippen LogP contribution >= 0.6 is 11.8 Å². The monoisotopic (exact) mass is 270 g/mol. The van der Waals surface area contributed by atoms with Crippen LogP contribution in [0.3, 0.4) is 0 Å². The zero-order valence-corrected chi connectivity index (χ0v) is 11.2. The molecule has 0 aliphatic carbocycles. The summed E-state index contributed by atoms with van der Waals surface area (Å²) in [5.41, 5.74) is -0.0122. The van der Waals surface area contributed by atoms with Crippen molar-refractivity contribution in [2.45, 2.75) is 30.5 Å². The molecule has 0 amide bonds. The Kier molecular flexibility index (Phi) is 5.08. The molecule has 1 heterocycles. The van der Waals surface area contributed by atoms with Crippen LogP contribution in [0.5, 0.6) is 0 Å². The molecule has 0 fully saturated rings. The number of esters is 1. The molecule has 0 N–H and O–H groups in total. The lowest BCUT2D eigenvalue weighted by Gasteiger charge is -2.08. The van der Waals surface area contributed by atoms with Crippen molar-refractivity contribution in [1.82, 2.24) is 4.98 Å². The van der Waals surface area contributed by atoms with Crippen molar-refractivity contribution in [3.63, 3.8) is 0 Å². The third-order valence-corrected chi connectivity index (χ3v) is 3.58. The first-order chi connectivity index (χ1) is 8.49. The van der Waals surface area contributed by atoms with Gasteiger partial charge in [-0.15, -0.1) is 0 Å². The summed E-state index contributed by atoms with van der Waals surface area (Å²) in [6.45, 7) is 3.93. The molecule has 0 radical (unpaired) electrons. The zero-order chi connectivity index (χ0) is 13.7. The number of hydrogen-bond donors (Lipinski definition) is 0. The minimum Gasteiger partial charge on any atom is -0.464 e. The van der Waals surface area contributed by atoms with Gasteiger partial charge in [0.05, 0.1) is 12.0 Å². The molecule has 18 heavy (non-hydrogen) atoms. The van der Waals surface area contributed by atoms with E-state index in [1.165, 1.54) is 31.0 Å². The molecule has 1 rings (SSSR count). The Morgan fingerprint density at radius 3 is 2.78 bits per heavy atom. The van der Waals surface area contributed by atoms with Crippen molar-refractivity contribution in [2.24, 2.45) is 0 Å². The summed E-state index contributed by atoms with van der Waals surface area (Å²) in [4.78, 5) is 25.7. The average Bonchev–Trinajstić information content (AvgIpc) is 2.37. The lowest BCUT2D eigenvalue weighted by Crippen LogP contribution is -2.07. The Morgan fingerprint density at radius 1 is 1.61 bits per heavy atom. The average molecular weight is 270 g/mol. The highest BCUT2D eigenvalue weighted by Crippen LogP contribution is 2.31. The van der Waals surface area contributed by atoms with E-state index in [0.717, 1.165) is 6.42 Å². The van der Waals surface area contributed by atoms with E-state index in [1.807, 2.05) is 13.8 Å². The Bertz CT molecular complexity index is 464. The van der Waals surface area contributed by atoms with Crippen LogP contribution in [0.4, 0.5) is 5.69 Å². The Balaban J connectivity index is 3.15. The SMILES string of the molecule is CCC(C)Sc1nc(C(=O)OC)ccc1[N+](=O)[O-]. The Hall–Kier alpha value is -1.63. The summed E-state index contributed by atoms with van der Waals surface area (Å²) in [5.74, 6) is -0.601. The molecule has 1 unspecified atom stereocenters. The minimum absolute atomic E-state index is 0.0777. The van der Waals surface area contributed by atoms with Gasteiger partial charge in [-0.3, -0.25) is 10.1 Å². The fraction of sp³-hybridized carbons (Fsp3) is 0.455. The highest BCUT2D eigenvalue weighted by Gasteiger charge is 2.20. The van der Waals surface area contributed by atoms with E-state index in [-0.39, 0.29) is 21.7 Å². The summed E-state index contributed by atoms with van der Waals surface area (Å²) in [6.07, 6.45) is 0.853. The molecule has 0 saturated carbocycles. The van der Waals surface area contributed by atoms with Crippen molar-refractivity contribution in [1.29, 1.82) is 0 Å². The quantitative estimate of drug-likeness (QED) is 0.354. The Morgan fingerprint density at radius 2 is 2.28 bits per heavy atom. The van der Waals surface area contributed by atoms with E-state index in [0.29, 0.717) is 0 Å². The molecule has 6 nitrogen and oxygen atoms in total. The van der Waals surface area contributed by atoms with Gasteiger partial charge in [0, 0.05) is 11.3 Å². The molecule has 1 atom stereocenters. The molecule has 98 valence electrons. The van der Waals surface area contributed by atoms with Gasteiger partial charge in [-0.05, 0) is 12.5 Å². The summed E-state index contributed by atoms with van der Waals surface area (Å²) in [5, 5.41) is 11.3. The number of aromatic nitrogens is 1. The van der Waals surface area contributed by atoms with Crippen molar-refractivity contribution in [2.75, 3.05) is 7.11 Å². The second kappa shape index (κ2) is 6.34. The zero-order valence-electron chi connectivity index (χ0n) is 10.4. The number of thioether (sulfide) groups is 1. The van der Waals surface area contributed by atoms with Gasteiger partial charge in [0.15, 0.2) is 5.03 Å². The predicted molar refractivity (Wildman–Crippen MR) is 67.8 cm³/mol. The molecule has 0 aliphatic heterocycles. The first-order valence-corrected chi connectivity index (χ1v) is 6.28. The van der Waals surface area contributed by atoms with Crippen molar-refractivity contribution < 1.29 is 14.5 Å². The maximum Gasteiger partial charge on any atom is 0.356 e. The molecule has 1 aromatic rings. The highest BCUT2D eigenvalue weighted by atomic mass is 32.2. The predicted octanol–water partition coefficient (Wildman–Crippen LogP) is 2.67. The van der Waals surface area contributed by atoms with Crippen LogP contribution in [0.2, 0.25) is 0 Å². The largest absolute Gasteiger partial charge is 0.464 e. The number of carbonyl (C=O) groups excluding carboxylic acids is 1. The lowest BCUT2D eigenvalue weighted by molar-refractivity contribution is -0.388. The number of hydrogen-bond acceptors (Lipinski definition) is 6. The normalized spacial score (nSPS) is 11.9. The van der Waals surface area contributed by atoms with E-state index in [4.69, 9.17) is 0 Å². The van der Waals surface area contributed by atoms with Gasteiger partial charge in [0.25, 0.3) is 0 Å². The van der Waals surface area contributed by atoms with Crippen LogP contribution < -0.4 is 0 Å². The molecule has 0 saturated heterocycles. The summed E-state index contributed by atoms with van der Waals surface area (Å²) >= 11 is 1.28. The van der Waals surface area contributed by atoms with Crippen molar-refractivity contribution >= 4 is 23.4 Å². The summed E-state index contributed by atoms with van der Waals surface area (Å²) in [7, 11) is 1.24. The molecule has 1 aromatic heterocycles. The van der Waals surface area contributed by atoms with Crippen LogP contribution in [0.1, 0.15) is 30.8 Å². The molecular formula is C11H14N2O4S. The van der Waals surface area contributed by atoms with Gasteiger partial charge in [-0.2, -0.15) is 0 Å². The maximum absolute atomic E-state index is 11.3. The van der Waals surface area contributed by atoms with Gasteiger partial charge in [0.2, 0.25) is 0 Å². The molecule has 7 heteroatoms. The van der Waals surface area contributed by atoms with Crippen LogP contribution in [0.15, 0.2) is 17.2 Å². The molecule has 0 spiro atoms. The number of rotatable bonds is 5. The standard InChI is InChI=1S/C11H14N2O4S/c1-4-7(2)18-10-9(13(15)16)6-5-8(12-10)11(14)17-3/h5-7H,4H2,1-3H3. The number of nitro groups is 1. The second-order valence-corrected chi connectivity index (χ2v) is 5.03. The van der Waals surface area contributed by atoms with Crippen LogP contribution in [0, 0.1) is 10.1 Å². The molecule has 0 bridgehead atoms. The smallest absolute Gasteiger partial charge is 0.356 e. The van der Waals surface area contributed by atoms with Crippen molar-refractivity contribution in [3.05, 3.63) is 27.9 Å². The number of methoxy groups -OCH3 is 1. The van der Waals surface area contributed by atoms with E-state index < -0.39 is 10.9 Å². The van der Waals surface area contributed by atoms with E-state index in [1.54, 1.807) is 0 Å². The van der Waals surface area contributed by atoms with E-state index in [9.17, 15) is 14.9 Å². The number of carbonyl (C=O) groups is 1. The van der Waals surface area contributed by atoms with Gasteiger partial charge in [0.1, 0.15) is 5.69 Å².